The SMILES string of the molecule is CCn1c(=O)c(-c2cc(NC(=O)Nc3cc(C)cc(F)c3)c(F)cc2Cl)cc2cnc(N(C)Cc3ccc(OC)cc3)cc21. The minimum atomic E-state index is -0.799. The lowest BCUT2D eigenvalue weighted by Gasteiger charge is -2.20. The number of hydrogen-bond acceptors (Lipinski definition) is 5. The smallest absolute Gasteiger partial charge is 0.323 e. The van der Waals surface area contributed by atoms with Crippen LogP contribution in [0, 0.1) is 18.6 Å². The first kappa shape index (κ1) is 30.5. The van der Waals surface area contributed by atoms with E-state index in [1.165, 1.54) is 12.1 Å². The zero-order valence-electron chi connectivity index (χ0n) is 24.5. The molecule has 0 atom stereocenters. The lowest BCUT2D eigenvalue weighted by atomic mass is 10.0. The van der Waals surface area contributed by atoms with Gasteiger partial charge < -0.3 is 24.8 Å². The van der Waals surface area contributed by atoms with E-state index in [-0.39, 0.29) is 33.1 Å². The number of carbonyl (C=O) groups is 1. The van der Waals surface area contributed by atoms with Crippen molar-refractivity contribution in [1.29, 1.82) is 0 Å². The number of pyridine rings is 2. The number of rotatable bonds is 8. The van der Waals surface area contributed by atoms with Crippen molar-refractivity contribution in [2.24, 2.45) is 0 Å². The van der Waals surface area contributed by atoms with Crippen LogP contribution in [0.5, 0.6) is 5.75 Å². The second-order valence-corrected chi connectivity index (χ2v) is 10.7. The number of methoxy groups -OCH3 is 1. The highest BCUT2D eigenvalue weighted by molar-refractivity contribution is 6.33. The maximum absolute atomic E-state index is 14.9. The molecule has 5 rings (SSSR count). The van der Waals surface area contributed by atoms with Gasteiger partial charge in [0.1, 0.15) is 23.2 Å². The van der Waals surface area contributed by atoms with E-state index < -0.39 is 17.7 Å². The summed E-state index contributed by atoms with van der Waals surface area (Å²) in [6.07, 6.45) is 1.68. The lowest BCUT2D eigenvalue weighted by Crippen LogP contribution is -2.23. The van der Waals surface area contributed by atoms with Gasteiger partial charge in [0.2, 0.25) is 0 Å². The van der Waals surface area contributed by atoms with E-state index in [9.17, 15) is 18.4 Å². The van der Waals surface area contributed by atoms with Crippen LogP contribution >= 0.6 is 11.6 Å². The minimum Gasteiger partial charge on any atom is -0.497 e. The summed E-state index contributed by atoms with van der Waals surface area (Å²) >= 11 is 6.43. The number of urea groups is 1. The van der Waals surface area contributed by atoms with Crippen LogP contribution in [0.3, 0.4) is 0 Å². The third-order valence-electron chi connectivity index (χ3n) is 7.14. The van der Waals surface area contributed by atoms with Crippen LogP contribution in [0.2, 0.25) is 5.02 Å². The maximum atomic E-state index is 14.9. The fourth-order valence-corrected chi connectivity index (χ4v) is 5.26. The molecule has 5 aromatic rings. The number of aromatic nitrogens is 2. The van der Waals surface area contributed by atoms with Gasteiger partial charge in [0.05, 0.1) is 23.3 Å². The van der Waals surface area contributed by atoms with Crippen LogP contribution in [-0.4, -0.2) is 29.7 Å². The van der Waals surface area contributed by atoms with E-state index in [4.69, 9.17) is 16.3 Å². The first-order valence-corrected chi connectivity index (χ1v) is 14.2. The molecule has 11 heteroatoms. The molecule has 0 fully saturated rings. The fourth-order valence-electron chi connectivity index (χ4n) is 5.01. The van der Waals surface area contributed by atoms with Crippen molar-refractivity contribution >= 4 is 45.7 Å². The average molecular weight is 618 g/mol. The van der Waals surface area contributed by atoms with Gasteiger partial charge in [-0.15, -0.1) is 0 Å². The summed E-state index contributed by atoms with van der Waals surface area (Å²) in [5.41, 5.74) is 2.46. The molecule has 0 spiro atoms. The molecule has 0 aliphatic rings. The summed E-state index contributed by atoms with van der Waals surface area (Å²) < 4.78 is 35.5. The number of anilines is 3. The van der Waals surface area contributed by atoms with E-state index in [2.05, 4.69) is 15.6 Å². The molecule has 0 radical (unpaired) electrons. The molecular weight excluding hydrogens is 588 g/mol. The van der Waals surface area contributed by atoms with Crippen LogP contribution < -0.4 is 25.8 Å². The second kappa shape index (κ2) is 12.7. The normalized spacial score (nSPS) is 11.0. The number of ether oxygens (including phenoxy) is 1. The standard InChI is InChI=1S/C33H30ClF2N5O3/c1-5-41-30-16-31(40(3)18-20-6-8-24(44-4)9-7-20)37-17-21(30)12-26(32(41)42)25-14-29(28(36)15-27(25)34)39-33(43)38-23-11-19(2)10-22(35)13-23/h6-17H,5,18H2,1-4H3,(H2,38,39,43). The Balaban J connectivity index is 1.46. The van der Waals surface area contributed by atoms with Gasteiger partial charge in [-0.2, -0.15) is 0 Å². The van der Waals surface area contributed by atoms with Gasteiger partial charge in [0, 0.05) is 54.6 Å². The van der Waals surface area contributed by atoms with Crippen molar-refractivity contribution in [3.63, 3.8) is 0 Å². The van der Waals surface area contributed by atoms with Crippen LogP contribution in [0.4, 0.5) is 30.8 Å². The summed E-state index contributed by atoms with van der Waals surface area (Å²) in [7, 11) is 3.54. The Labute approximate surface area is 257 Å². The first-order valence-electron chi connectivity index (χ1n) is 13.8. The van der Waals surface area contributed by atoms with Crippen LogP contribution in [0.15, 0.2) is 77.7 Å². The van der Waals surface area contributed by atoms with Gasteiger partial charge in [0.25, 0.3) is 5.56 Å². The summed E-state index contributed by atoms with van der Waals surface area (Å²) in [5, 5.41) is 5.59. The topological polar surface area (TPSA) is 88.5 Å². The highest BCUT2D eigenvalue weighted by Crippen LogP contribution is 2.33. The quantitative estimate of drug-likeness (QED) is 0.187. The van der Waals surface area contributed by atoms with Gasteiger partial charge in [-0.3, -0.25) is 4.79 Å². The third-order valence-corrected chi connectivity index (χ3v) is 7.46. The zero-order chi connectivity index (χ0) is 31.5. The second-order valence-electron chi connectivity index (χ2n) is 10.3. The Morgan fingerprint density at radius 2 is 1.77 bits per heavy atom. The number of nitrogens with zero attached hydrogens (tertiary/aromatic N) is 3. The van der Waals surface area contributed by atoms with Crippen LogP contribution in [0.1, 0.15) is 18.1 Å². The molecule has 0 unspecified atom stereocenters. The Bertz CT molecular complexity index is 1910. The van der Waals surface area contributed by atoms with E-state index in [1.54, 1.807) is 36.9 Å². The van der Waals surface area contributed by atoms with Crippen molar-refractivity contribution in [3.05, 3.63) is 111 Å². The predicted molar refractivity (Wildman–Crippen MR) is 171 cm³/mol. The fraction of sp³-hybridized carbons (Fsp3) is 0.182. The molecule has 2 heterocycles. The first-order chi connectivity index (χ1) is 21.1. The lowest BCUT2D eigenvalue weighted by molar-refractivity contribution is 0.262. The van der Waals surface area contributed by atoms with Crippen molar-refractivity contribution in [2.75, 3.05) is 29.7 Å². The molecular formula is C33H30ClF2N5O3. The monoisotopic (exact) mass is 617 g/mol. The number of benzene rings is 3. The summed E-state index contributed by atoms with van der Waals surface area (Å²) in [4.78, 5) is 33.0. The Hall–Kier alpha value is -4.96. The minimum absolute atomic E-state index is 0.00267. The van der Waals surface area contributed by atoms with Crippen molar-refractivity contribution < 1.29 is 18.3 Å². The Morgan fingerprint density at radius 1 is 1.02 bits per heavy atom. The number of nitrogens with one attached hydrogen (secondary N) is 2. The zero-order valence-corrected chi connectivity index (χ0v) is 25.3. The van der Waals surface area contributed by atoms with E-state index in [0.717, 1.165) is 23.4 Å². The molecule has 0 saturated carbocycles. The number of hydrogen-bond donors (Lipinski definition) is 2. The number of amides is 2. The molecule has 3 aromatic carbocycles. The molecule has 2 aromatic heterocycles. The van der Waals surface area contributed by atoms with Crippen LogP contribution in [-0.2, 0) is 13.1 Å². The van der Waals surface area contributed by atoms with Crippen molar-refractivity contribution in [3.8, 4) is 16.9 Å². The Kier molecular flexibility index (Phi) is 8.82. The summed E-state index contributed by atoms with van der Waals surface area (Å²) in [6, 6.07) is 16.8. The largest absolute Gasteiger partial charge is 0.497 e. The van der Waals surface area contributed by atoms with E-state index in [0.29, 0.717) is 35.4 Å². The maximum Gasteiger partial charge on any atom is 0.323 e. The number of fused-ring (bicyclic) bond motifs is 1. The highest BCUT2D eigenvalue weighted by Gasteiger charge is 2.18. The highest BCUT2D eigenvalue weighted by atomic mass is 35.5. The molecule has 0 aliphatic carbocycles. The van der Waals surface area contributed by atoms with E-state index in [1.807, 2.05) is 49.2 Å². The van der Waals surface area contributed by atoms with E-state index >= 15 is 0 Å². The molecule has 8 nitrogen and oxygen atoms in total. The number of aryl methyl sites for hydroxylation is 2. The molecule has 44 heavy (non-hydrogen) atoms. The Morgan fingerprint density at radius 3 is 2.45 bits per heavy atom. The predicted octanol–water partition coefficient (Wildman–Crippen LogP) is 7.61. The van der Waals surface area contributed by atoms with Gasteiger partial charge >= 0.3 is 6.03 Å². The van der Waals surface area contributed by atoms with Crippen molar-refractivity contribution in [2.45, 2.75) is 26.9 Å². The average Bonchev–Trinajstić information content (AvgIpc) is 2.98. The van der Waals surface area contributed by atoms with Gasteiger partial charge in [-0.05, 0) is 73.5 Å². The third kappa shape index (κ3) is 6.50. The van der Waals surface area contributed by atoms with Gasteiger partial charge in [-0.1, -0.05) is 23.7 Å². The van der Waals surface area contributed by atoms with Gasteiger partial charge in [-0.25, -0.2) is 18.6 Å². The summed E-state index contributed by atoms with van der Waals surface area (Å²) in [6.45, 7) is 4.48. The molecule has 2 N–H and O–H groups in total. The molecule has 226 valence electrons. The molecule has 0 saturated heterocycles. The number of carbonyl (C=O) groups excluding carboxylic acids is 1. The molecule has 0 aliphatic heterocycles. The van der Waals surface area contributed by atoms with Gasteiger partial charge in [0.15, 0.2) is 0 Å². The number of halogens is 3. The van der Waals surface area contributed by atoms with Crippen molar-refractivity contribution in [1.82, 2.24) is 9.55 Å². The van der Waals surface area contributed by atoms with Crippen LogP contribution in [0.25, 0.3) is 22.0 Å². The molecule has 0 bridgehead atoms. The molecule has 2 amide bonds. The summed E-state index contributed by atoms with van der Waals surface area (Å²) in [5.74, 6) is 0.129.